The van der Waals surface area contributed by atoms with E-state index in [4.69, 9.17) is 29.2 Å². The first-order chi connectivity index (χ1) is 17.8. The summed E-state index contributed by atoms with van der Waals surface area (Å²) < 4.78 is 21.8. The molecular weight excluding hydrogens is 488 g/mol. The fraction of sp³-hybridized carbons (Fsp3) is 0.480. The van der Waals surface area contributed by atoms with Gasteiger partial charge in [-0.2, -0.15) is 0 Å². The Kier molecular flexibility index (Phi) is 10.6. The van der Waals surface area contributed by atoms with E-state index in [0.29, 0.717) is 5.56 Å². The highest BCUT2D eigenvalue weighted by Gasteiger charge is 2.43. The third kappa shape index (κ3) is 7.84. The Balaban J connectivity index is 1.66. The van der Waals surface area contributed by atoms with Crippen molar-refractivity contribution in [2.75, 3.05) is 33.2 Å². The lowest BCUT2D eigenvalue weighted by molar-refractivity contribution is -0.130. The Morgan fingerprint density at radius 2 is 1.92 bits per heavy atom. The molecule has 1 aromatic carbocycles. The third-order valence-corrected chi connectivity index (χ3v) is 5.72. The molecule has 0 aromatic heterocycles. The van der Waals surface area contributed by atoms with E-state index < -0.39 is 48.2 Å². The van der Waals surface area contributed by atoms with Crippen LogP contribution in [-0.4, -0.2) is 96.7 Å². The minimum absolute atomic E-state index is 0.00983. The number of esters is 1. The van der Waals surface area contributed by atoms with E-state index in [2.05, 4.69) is 10.6 Å². The highest BCUT2D eigenvalue weighted by molar-refractivity contribution is 5.97. The lowest BCUT2D eigenvalue weighted by Gasteiger charge is -2.31. The maximum Gasteiger partial charge on any atom is 0.338 e. The number of carbonyl (C=O) groups excluding carboxylic acids is 3. The van der Waals surface area contributed by atoms with Crippen molar-refractivity contribution in [2.45, 2.75) is 43.8 Å². The first-order valence-electron chi connectivity index (χ1n) is 11.9. The summed E-state index contributed by atoms with van der Waals surface area (Å²) in [5.41, 5.74) is 1.28. The summed E-state index contributed by atoms with van der Waals surface area (Å²) in [5.74, 6) is -1.88. The van der Waals surface area contributed by atoms with Crippen LogP contribution in [0.3, 0.4) is 0 Å². The van der Waals surface area contributed by atoms with Crippen LogP contribution in [0.2, 0.25) is 0 Å². The second-order valence-electron chi connectivity index (χ2n) is 8.45. The third-order valence-electron chi connectivity index (χ3n) is 5.72. The molecule has 2 amide bonds. The molecule has 1 heterocycles. The zero-order valence-corrected chi connectivity index (χ0v) is 20.4. The van der Waals surface area contributed by atoms with Gasteiger partial charge in [-0.25, -0.2) is 4.79 Å². The molecule has 1 aliphatic carbocycles. The summed E-state index contributed by atoms with van der Waals surface area (Å²) in [7, 11) is 0. The molecule has 202 valence electrons. The molecule has 1 saturated heterocycles. The predicted octanol–water partition coefficient (Wildman–Crippen LogP) is -0.763. The predicted molar refractivity (Wildman–Crippen MR) is 129 cm³/mol. The van der Waals surface area contributed by atoms with Crippen molar-refractivity contribution in [3.8, 4) is 0 Å². The van der Waals surface area contributed by atoms with Crippen LogP contribution < -0.4 is 10.6 Å². The van der Waals surface area contributed by atoms with Gasteiger partial charge >= 0.3 is 5.97 Å². The van der Waals surface area contributed by atoms with Crippen LogP contribution in [0.1, 0.15) is 29.3 Å². The van der Waals surface area contributed by atoms with Crippen molar-refractivity contribution in [1.82, 2.24) is 10.6 Å². The Labute approximate surface area is 213 Å². The smallest absolute Gasteiger partial charge is 0.338 e. The molecule has 1 aliphatic heterocycles. The molecule has 0 saturated carbocycles. The van der Waals surface area contributed by atoms with Crippen molar-refractivity contribution >= 4 is 23.9 Å². The summed E-state index contributed by atoms with van der Waals surface area (Å²) in [6.45, 7) is 1.10. The Bertz CT molecular complexity index is 992. The molecule has 0 radical (unpaired) electrons. The second-order valence-corrected chi connectivity index (χ2v) is 8.45. The van der Waals surface area contributed by atoms with E-state index in [9.17, 15) is 19.5 Å². The van der Waals surface area contributed by atoms with Crippen LogP contribution in [0.25, 0.3) is 6.08 Å². The number of benzene rings is 1. The van der Waals surface area contributed by atoms with E-state index >= 15 is 0 Å². The van der Waals surface area contributed by atoms with Gasteiger partial charge < -0.3 is 44.9 Å². The average Bonchev–Trinajstić information content (AvgIpc) is 3.37. The molecule has 5 atom stereocenters. The van der Waals surface area contributed by atoms with Gasteiger partial charge in [-0.3, -0.25) is 9.59 Å². The number of aliphatic hydroxyl groups excluding tert-OH is 3. The number of rotatable bonds is 12. The van der Waals surface area contributed by atoms with Crippen LogP contribution in [0.5, 0.6) is 0 Å². The molecule has 3 rings (SSSR count). The molecule has 2 aliphatic rings. The van der Waals surface area contributed by atoms with E-state index in [-0.39, 0.29) is 45.2 Å². The lowest BCUT2D eigenvalue weighted by atomic mass is 9.91. The molecule has 1 fully saturated rings. The number of aliphatic hydroxyl groups is 3. The average molecular weight is 521 g/mol. The van der Waals surface area contributed by atoms with Gasteiger partial charge in [0.05, 0.1) is 31.1 Å². The van der Waals surface area contributed by atoms with Crippen molar-refractivity contribution < 1.29 is 48.7 Å². The Morgan fingerprint density at radius 3 is 2.59 bits per heavy atom. The molecular formula is C25H32N2O10. The van der Waals surface area contributed by atoms with Gasteiger partial charge in [-0.1, -0.05) is 12.1 Å². The Morgan fingerprint density at radius 1 is 1.16 bits per heavy atom. The van der Waals surface area contributed by atoms with E-state index in [0.717, 1.165) is 5.56 Å². The molecule has 1 aromatic rings. The van der Waals surface area contributed by atoms with Crippen LogP contribution in [0.15, 0.2) is 42.2 Å². The normalized spacial score (nSPS) is 22.5. The molecule has 0 spiro atoms. The number of hydrogen-bond donors (Lipinski definition) is 5. The molecule has 12 heteroatoms. The quantitative estimate of drug-likeness (QED) is 0.134. The first-order valence-corrected chi connectivity index (χ1v) is 11.9. The van der Waals surface area contributed by atoms with Crippen LogP contribution in [0.4, 0.5) is 0 Å². The topological polar surface area (TPSA) is 173 Å². The zero-order valence-electron chi connectivity index (χ0n) is 20.4. The van der Waals surface area contributed by atoms with Gasteiger partial charge in [-0.05, 0) is 36.8 Å². The SMILES string of the molecule is C[C@H](O)[C@@H](NC(=O)C1=C[C@H]2OCO[C@H]2[C@H](OC(=O)c2ccc(C=COCCO)cc2)C1)C(=O)NCCO. The standard InChI is InChI=1S/C25H32N2O10/c1-15(30)21(24(32)26-7-8-28)27-23(31)18-12-19-22(36-14-35-19)20(13-18)37-25(33)17-4-2-16(3-5-17)6-10-34-11-9-29/h2-6,10,12,15,19-22,28-30H,7-9,11,13-14H2,1H3,(H,26,32)(H,27,31)/t15-,19+,20+,21+,22+/m0/s1. The number of amides is 2. The minimum Gasteiger partial charge on any atom is -0.499 e. The van der Waals surface area contributed by atoms with E-state index in [1.807, 2.05) is 0 Å². The number of ether oxygens (including phenoxy) is 4. The van der Waals surface area contributed by atoms with Gasteiger partial charge in [0.15, 0.2) is 0 Å². The van der Waals surface area contributed by atoms with E-state index in [1.165, 1.54) is 13.2 Å². The molecule has 0 unspecified atom stereocenters. The van der Waals surface area contributed by atoms with Crippen LogP contribution >= 0.6 is 0 Å². The summed E-state index contributed by atoms with van der Waals surface area (Å²) in [5, 5.41) is 32.5. The van der Waals surface area contributed by atoms with Gasteiger partial charge in [0.2, 0.25) is 11.8 Å². The van der Waals surface area contributed by atoms with Crippen molar-refractivity contribution in [3.63, 3.8) is 0 Å². The highest BCUT2D eigenvalue weighted by Crippen LogP contribution is 2.31. The summed E-state index contributed by atoms with van der Waals surface area (Å²) in [6, 6.07) is 5.32. The minimum atomic E-state index is -1.25. The number of carbonyl (C=O) groups is 3. The van der Waals surface area contributed by atoms with Crippen molar-refractivity contribution in [2.24, 2.45) is 0 Å². The first kappa shape index (κ1) is 28.3. The van der Waals surface area contributed by atoms with Gasteiger partial charge in [-0.15, -0.1) is 0 Å². The van der Waals surface area contributed by atoms with Crippen molar-refractivity contribution in [3.05, 3.63) is 53.3 Å². The molecule has 5 N–H and O–H groups in total. The number of hydrogen-bond acceptors (Lipinski definition) is 10. The highest BCUT2D eigenvalue weighted by atomic mass is 16.7. The molecule has 0 bridgehead atoms. The number of fused-ring (bicyclic) bond motifs is 1. The monoisotopic (exact) mass is 520 g/mol. The van der Waals surface area contributed by atoms with Gasteiger partial charge in [0, 0.05) is 18.5 Å². The summed E-state index contributed by atoms with van der Waals surface area (Å²) in [6.07, 6.45) is 1.43. The maximum atomic E-state index is 13.0. The lowest BCUT2D eigenvalue weighted by Crippen LogP contribution is -2.54. The summed E-state index contributed by atoms with van der Waals surface area (Å²) in [4.78, 5) is 38.1. The second kappa shape index (κ2) is 13.9. The van der Waals surface area contributed by atoms with Crippen molar-refractivity contribution in [1.29, 1.82) is 0 Å². The fourth-order valence-corrected chi connectivity index (χ4v) is 3.84. The maximum absolute atomic E-state index is 13.0. The van der Waals surface area contributed by atoms with Crippen LogP contribution in [0, 0.1) is 0 Å². The Hall–Kier alpha value is -3.29. The summed E-state index contributed by atoms with van der Waals surface area (Å²) >= 11 is 0. The fourth-order valence-electron chi connectivity index (χ4n) is 3.84. The number of nitrogens with one attached hydrogen (secondary N) is 2. The van der Waals surface area contributed by atoms with Gasteiger partial charge in [0.25, 0.3) is 0 Å². The van der Waals surface area contributed by atoms with Crippen LogP contribution in [-0.2, 0) is 28.5 Å². The zero-order chi connectivity index (χ0) is 26.8. The molecule has 37 heavy (non-hydrogen) atoms. The molecule has 12 nitrogen and oxygen atoms in total. The van der Waals surface area contributed by atoms with Gasteiger partial charge in [0.1, 0.15) is 37.8 Å². The van der Waals surface area contributed by atoms with E-state index in [1.54, 1.807) is 36.4 Å². The largest absolute Gasteiger partial charge is 0.499 e.